The fourth-order valence-electron chi connectivity index (χ4n) is 2.95. The van der Waals surface area contributed by atoms with Crippen LogP contribution in [0.4, 0.5) is 0 Å². The largest absolute Gasteiger partial charge is 0.497 e. The molecule has 2 heterocycles. The molecule has 0 radical (unpaired) electrons. The smallest absolute Gasteiger partial charge is 0.271 e. The van der Waals surface area contributed by atoms with E-state index in [1.807, 2.05) is 30.5 Å². The van der Waals surface area contributed by atoms with Gasteiger partial charge in [0.05, 0.1) is 7.11 Å². The second-order valence-electron chi connectivity index (χ2n) is 6.21. The Morgan fingerprint density at radius 1 is 1.38 bits per heavy atom. The van der Waals surface area contributed by atoms with Gasteiger partial charge in [-0.1, -0.05) is 0 Å². The Kier molecular flexibility index (Phi) is 3.72. The van der Waals surface area contributed by atoms with Crippen LogP contribution in [-0.2, 0) is 6.42 Å². The first kappa shape index (κ1) is 14.8. The first-order chi connectivity index (χ1) is 11.7. The minimum absolute atomic E-state index is 0.129. The molecule has 0 unspecified atom stereocenters. The third kappa shape index (κ3) is 2.87. The zero-order valence-electron chi connectivity index (χ0n) is 13.6. The molecule has 1 aromatic carbocycles. The molecule has 124 valence electrons. The quantitative estimate of drug-likeness (QED) is 0.652. The number of aromatic amines is 2. The number of amides is 1. The van der Waals surface area contributed by atoms with Gasteiger partial charge in [0, 0.05) is 35.3 Å². The Morgan fingerprint density at radius 3 is 3.04 bits per heavy atom. The lowest BCUT2D eigenvalue weighted by Crippen LogP contribution is -2.25. The Bertz CT molecular complexity index is 876. The van der Waals surface area contributed by atoms with Crippen molar-refractivity contribution in [1.29, 1.82) is 0 Å². The van der Waals surface area contributed by atoms with Crippen LogP contribution < -0.4 is 10.1 Å². The number of hydrogen-bond acceptors (Lipinski definition) is 3. The summed E-state index contributed by atoms with van der Waals surface area (Å²) in [6, 6.07) is 7.81. The number of nitrogens with zero attached hydrogens (tertiary/aromatic N) is 1. The summed E-state index contributed by atoms with van der Waals surface area (Å²) >= 11 is 0. The van der Waals surface area contributed by atoms with Gasteiger partial charge in [-0.2, -0.15) is 5.10 Å². The predicted molar refractivity (Wildman–Crippen MR) is 91.5 cm³/mol. The molecule has 1 aliphatic carbocycles. The maximum absolute atomic E-state index is 12.2. The van der Waals surface area contributed by atoms with Gasteiger partial charge >= 0.3 is 0 Å². The van der Waals surface area contributed by atoms with Gasteiger partial charge in [-0.25, -0.2) is 0 Å². The minimum atomic E-state index is -0.129. The van der Waals surface area contributed by atoms with Crippen LogP contribution in [0.25, 0.3) is 10.9 Å². The third-order valence-corrected chi connectivity index (χ3v) is 4.50. The molecular weight excluding hydrogens is 304 g/mol. The van der Waals surface area contributed by atoms with Crippen LogP contribution in [0.2, 0.25) is 0 Å². The third-order valence-electron chi connectivity index (χ3n) is 4.50. The Morgan fingerprint density at radius 2 is 2.25 bits per heavy atom. The molecule has 0 atom stereocenters. The number of aromatic nitrogens is 3. The van der Waals surface area contributed by atoms with Gasteiger partial charge in [-0.05, 0) is 49.1 Å². The summed E-state index contributed by atoms with van der Waals surface area (Å²) in [7, 11) is 1.66. The van der Waals surface area contributed by atoms with Gasteiger partial charge in [-0.15, -0.1) is 0 Å². The van der Waals surface area contributed by atoms with E-state index >= 15 is 0 Å². The second kappa shape index (κ2) is 6.03. The topological polar surface area (TPSA) is 82.8 Å². The fraction of sp³-hybridized carbons (Fsp3) is 0.333. The number of hydrogen-bond donors (Lipinski definition) is 3. The molecule has 0 aliphatic heterocycles. The molecule has 1 amide bonds. The normalized spacial score (nSPS) is 14.0. The highest BCUT2D eigenvalue weighted by Crippen LogP contribution is 2.38. The average molecular weight is 324 g/mol. The molecule has 1 saturated carbocycles. The zero-order valence-corrected chi connectivity index (χ0v) is 13.6. The van der Waals surface area contributed by atoms with Crippen LogP contribution in [-0.4, -0.2) is 34.7 Å². The van der Waals surface area contributed by atoms with Crippen LogP contribution in [0.5, 0.6) is 5.75 Å². The summed E-state index contributed by atoms with van der Waals surface area (Å²) in [4.78, 5) is 15.4. The molecule has 1 fully saturated rings. The fourth-order valence-corrected chi connectivity index (χ4v) is 2.95. The van der Waals surface area contributed by atoms with Crippen LogP contribution >= 0.6 is 0 Å². The Balaban J connectivity index is 1.38. The molecule has 0 bridgehead atoms. The zero-order chi connectivity index (χ0) is 16.5. The highest BCUT2D eigenvalue weighted by atomic mass is 16.5. The van der Waals surface area contributed by atoms with Crippen molar-refractivity contribution in [2.45, 2.75) is 25.2 Å². The van der Waals surface area contributed by atoms with E-state index in [2.05, 4.69) is 20.5 Å². The molecular formula is C18H20N4O2. The van der Waals surface area contributed by atoms with Crippen LogP contribution in [0.1, 0.15) is 40.5 Å². The summed E-state index contributed by atoms with van der Waals surface area (Å²) in [6.45, 7) is 0.564. The molecule has 0 saturated heterocycles. The lowest BCUT2D eigenvalue weighted by Gasteiger charge is -2.04. The summed E-state index contributed by atoms with van der Waals surface area (Å²) in [5.41, 5.74) is 3.77. The van der Waals surface area contributed by atoms with E-state index in [1.165, 1.54) is 12.8 Å². The maximum Gasteiger partial charge on any atom is 0.271 e. The van der Waals surface area contributed by atoms with Crippen LogP contribution in [0, 0.1) is 0 Å². The minimum Gasteiger partial charge on any atom is -0.497 e. The van der Waals surface area contributed by atoms with Crippen LogP contribution in [0.15, 0.2) is 30.5 Å². The van der Waals surface area contributed by atoms with Gasteiger partial charge in [0.25, 0.3) is 5.91 Å². The van der Waals surface area contributed by atoms with Gasteiger partial charge in [0.1, 0.15) is 11.4 Å². The van der Waals surface area contributed by atoms with Gasteiger partial charge < -0.3 is 15.0 Å². The number of rotatable bonds is 6. The Labute approximate surface area is 139 Å². The van der Waals surface area contributed by atoms with E-state index in [0.717, 1.165) is 34.3 Å². The van der Waals surface area contributed by atoms with Crippen molar-refractivity contribution in [2.24, 2.45) is 0 Å². The number of methoxy groups -OCH3 is 1. The number of carbonyl (C=O) groups is 1. The van der Waals surface area contributed by atoms with Gasteiger partial charge in [0.15, 0.2) is 0 Å². The lowest BCUT2D eigenvalue weighted by molar-refractivity contribution is 0.0949. The lowest BCUT2D eigenvalue weighted by atomic mass is 10.1. The number of H-pyrrole nitrogens is 2. The van der Waals surface area contributed by atoms with Crippen molar-refractivity contribution in [1.82, 2.24) is 20.5 Å². The first-order valence-electron chi connectivity index (χ1n) is 8.22. The van der Waals surface area contributed by atoms with Gasteiger partial charge in [0.2, 0.25) is 0 Å². The molecule has 2 aromatic heterocycles. The van der Waals surface area contributed by atoms with E-state index < -0.39 is 0 Å². The van der Waals surface area contributed by atoms with Crippen LogP contribution in [0.3, 0.4) is 0 Å². The monoisotopic (exact) mass is 324 g/mol. The van der Waals surface area contributed by atoms with E-state index in [9.17, 15) is 4.79 Å². The van der Waals surface area contributed by atoms with E-state index in [4.69, 9.17) is 4.74 Å². The number of benzene rings is 1. The standard InChI is InChI=1S/C18H20N4O2/c1-24-13-4-5-15-14(8-13)12(10-20-15)6-7-19-18(23)17-9-16(21-22-17)11-2-3-11/h4-5,8-11,20H,2-3,6-7H2,1H3,(H,19,23)(H,21,22). The summed E-state index contributed by atoms with van der Waals surface area (Å²) < 4.78 is 5.28. The van der Waals surface area contributed by atoms with Crippen molar-refractivity contribution in [3.63, 3.8) is 0 Å². The van der Waals surface area contributed by atoms with Crippen molar-refractivity contribution < 1.29 is 9.53 Å². The second-order valence-corrected chi connectivity index (χ2v) is 6.21. The molecule has 4 rings (SSSR count). The molecule has 6 heteroatoms. The summed E-state index contributed by atoms with van der Waals surface area (Å²) in [5, 5.41) is 11.1. The number of nitrogens with one attached hydrogen (secondary N) is 3. The number of fused-ring (bicyclic) bond motifs is 1. The molecule has 3 aromatic rings. The van der Waals surface area contributed by atoms with E-state index in [1.54, 1.807) is 7.11 Å². The molecule has 24 heavy (non-hydrogen) atoms. The summed E-state index contributed by atoms with van der Waals surface area (Å²) in [6.07, 6.45) is 5.11. The highest BCUT2D eigenvalue weighted by molar-refractivity contribution is 5.92. The maximum atomic E-state index is 12.2. The van der Waals surface area contributed by atoms with E-state index in [-0.39, 0.29) is 5.91 Å². The number of carbonyl (C=O) groups excluding carboxylic acids is 1. The summed E-state index contributed by atoms with van der Waals surface area (Å²) in [5.74, 6) is 1.27. The number of ether oxygens (including phenoxy) is 1. The predicted octanol–water partition coefficient (Wildman–Crippen LogP) is 2.75. The molecule has 1 aliphatic rings. The average Bonchev–Trinajstić information content (AvgIpc) is 3.20. The SMILES string of the molecule is COc1ccc2[nH]cc(CCNC(=O)c3cc(C4CC4)[nH]n3)c2c1. The highest BCUT2D eigenvalue weighted by Gasteiger charge is 2.26. The van der Waals surface area contributed by atoms with Crippen molar-refractivity contribution in [2.75, 3.05) is 13.7 Å². The van der Waals surface area contributed by atoms with E-state index in [0.29, 0.717) is 18.2 Å². The van der Waals surface area contributed by atoms with Crippen molar-refractivity contribution in [3.05, 3.63) is 47.4 Å². The van der Waals surface area contributed by atoms with Crippen molar-refractivity contribution >= 4 is 16.8 Å². The van der Waals surface area contributed by atoms with Gasteiger partial charge in [-0.3, -0.25) is 9.89 Å². The molecule has 0 spiro atoms. The first-order valence-corrected chi connectivity index (χ1v) is 8.22. The molecule has 3 N–H and O–H groups in total. The Hall–Kier alpha value is -2.76. The van der Waals surface area contributed by atoms with Crippen molar-refractivity contribution in [3.8, 4) is 5.75 Å². The molecule has 6 nitrogen and oxygen atoms in total.